The highest BCUT2D eigenvalue weighted by Gasteiger charge is 2.48. The van der Waals surface area contributed by atoms with E-state index in [4.69, 9.17) is 14.0 Å². The molecule has 8 unspecified atom stereocenters. The van der Waals surface area contributed by atoms with Crippen molar-refractivity contribution in [2.45, 2.75) is 236 Å². The molecule has 14 heteroatoms. The molecular weight excluding hydrogens is 791 g/mol. The zero-order valence-electron chi connectivity index (χ0n) is 37.1. The van der Waals surface area contributed by atoms with E-state index in [1.54, 1.807) is 6.08 Å². The van der Waals surface area contributed by atoms with Gasteiger partial charge in [0.15, 0.2) is 6.29 Å². The van der Waals surface area contributed by atoms with Crippen molar-refractivity contribution in [3.05, 3.63) is 36.5 Å². The van der Waals surface area contributed by atoms with E-state index >= 15 is 0 Å². The van der Waals surface area contributed by atoms with Gasteiger partial charge >= 0.3 is 10.4 Å². The Morgan fingerprint density at radius 3 is 1.60 bits per heavy atom. The van der Waals surface area contributed by atoms with Gasteiger partial charge in [-0.2, -0.15) is 8.42 Å². The van der Waals surface area contributed by atoms with Crippen molar-refractivity contribution < 1.29 is 57.0 Å². The lowest BCUT2D eigenvalue weighted by Crippen LogP contribution is -2.61. The molecule has 1 aliphatic rings. The summed E-state index contributed by atoms with van der Waals surface area (Å²) in [5, 5.41) is 55.1. The Balaban J connectivity index is 2.59. The molecule has 0 aromatic heterocycles. The van der Waals surface area contributed by atoms with Gasteiger partial charge in [0.2, 0.25) is 5.91 Å². The minimum atomic E-state index is -5.12. The maximum atomic E-state index is 13.1. The summed E-state index contributed by atoms with van der Waals surface area (Å²) in [6.07, 6.45) is 31.0. The number of nitrogens with one attached hydrogen (secondary N) is 1. The van der Waals surface area contributed by atoms with Crippen LogP contribution in [0, 0.1) is 0 Å². The molecule has 0 bridgehead atoms. The van der Waals surface area contributed by atoms with E-state index in [9.17, 15) is 38.7 Å². The summed E-state index contributed by atoms with van der Waals surface area (Å²) in [5.74, 6) is -0.718. The Morgan fingerprint density at radius 2 is 1.12 bits per heavy atom. The fourth-order valence-electron chi connectivity index (χ4n) is 7.26. The number of carbonyl (C=O) groups excluding carboxylic acids is 1. The van der Waals surface area contributed by atoms with E-state index < -0.39 is 78.5 Å². The predicted octanol–water partition coefficient (Wildman–Crippen LogP) is 8.08. The summed E-state index contributed by atoms with van der Waals surface area (Å²) < 4.78 is 47.4. The van der Waals surface area contributed by atoms with Crippen molar-refractivity contribution in [1.82, 2.24) is 5.32 Å². The number of carbonyl (C=O) groups is 1. The van der Waals surface area contributed by atoms with Gasteiger partial charge in [0, 0.05) is 0 Å². The van der Waals surface area contributed by atoms with Gasteiger partial charge in [0.05, 0.1) is 25.4 Å². The second-order valence-electron chi connectivity index (χ2n) is 16.5. The van der Waals surface area contributed by atoms with Gasteiger partial charge in [-0.25, -0.2) is 4.18 Å². The minimum Gasteiger partial charge on any atom is -0.394 e. The van der Waals surface area contributed by atoms with Gasteiger partial charge in [0.25, 0.3) is 0 Å². The molecule has 1 rings (SSSR count). The van der Waals surface area contributed by atoms with Crippen LogP contribution in [-0.4, -0.2) is 107 Å². The molecule has 1 heterocycles. The molecule has 0 aliphatic carbocycles. The quantitative estimate of drug-likeness (QED) is 0.0178. The summed E-state index contributed by atoms with van der Waals surface area (Å²) in [4.78, 5) is 13.1. The normalized spacial score (nSPS) is 21.6. The van der Waals surface area contributed by atoms with Crippen molar-refractivity contribution in [3.8, 4) is 0 Å². The number of allylic oxidation sites excluding steroid dienone is 5. The van der Waals surface area contributed by atoms with Gasteiger partial charge in [0.1, 0.15) is 30.5 Å². The Bertz CT molecular complexity index is 1230. The van der Waals surface area contributed by atoms with E-state index in [-0.39, 0.29) is 6.42 Å². The summed E-state index contributed by atoms with van der Waals surface area (Å²) in [7, 11) is -5.12. The van der Waals surface area contributed by atoms with Gasteiger partial charge in [-0.1, -0.05) is 179 Å². The number of unbranched alkanes of at least 4 members (excludes halogenated alkanes) is 22. The molecule has 0 saturated carbocycles. The molecular formula is C46H85NO12S. The number of hydrogen-bond donors (Lipinski definition) is 7. The van der Waals surface area contributed by atoms with Crippen molar-refractivity contribution in [2.75, 3.05) is 13.2 Å². The van der Waals surface area contributed by atoms with Crippen LogP contribution in [0.4, 0.5) is 0 Å². The third kappa shape index (κ3) is 28.8. The Morgan fingerprint density at radius 1 is 0.667 bits per heavy atom. The molecule has 352 valence electrons. The van der Waals surface area contributed by atoms with Crippen LogP contribution < -0.4 is 5.32 Å². The summed E-state index contributed by atoms with van der Waals surface area (Å²) in [5.41, 5.74) is 0. The van der Waals surface area contributed by atoms with Crippen LogP contribution in [0.15, 0.2) is 36.5 Å². The lowest BCUT2D eigenvalue weighted by Gasteiger charge is -2.41. The first kappa shape index (κ1) is 56.3. The van der Waals surface area contributed by atoms with E-state index in [0.717, 1.165) is 44.9 Å². The average Bonchev–Trinajstić information content (AvgIpc) is 3.22. The molecule has 0 radical (unpaired) electrons. The van der Waals surface area contributed by atoms with Crippen molar-refractivity contribution in [2.24, 2.45) is 0 Å². The Labute approximate surface area is 363 Å². The van der Waals surface area contributed by atoms with Crippen molar-refractivity contribution >= 4 is 16.3 Å². The van der Waals surface area contributed by atoms with Crippen molar-refractivity contribution in [1.29, 1.82) is 0 Å². The summed E-state index contributed by atoms with van der Waals surface area (Å²) in [6.45, 7) is 3.17. The maximum absolute atomic E-state index is 13.1. The number of ether oxygens (including phenoxy) is 2. The van der Waals surface area contributed by atoms with Gasteiger partial charge in [-0.15, -0.1) is 0 Å². The maximum Gasteiger partial charge on any atom is 0.397 e. The van der Waals surface area contributed by atoms with Gasteiger partial charge in [-0.05, 0) is 44.9 Å². The first-order valence-electron chi connectivity index (χ1n) is 23.5. The van der Waals surface area contributed by atoms with Crippen LogP contribution in [0.3, 0.4) is 0 Å². The van der Waals surface area contributed by atoms with Crippen LogP contribution in [-0.2, 0) is 28.9 Å². The van der Waals surface area contributed by atoms with Crippen LogP contribution in [0.1, 0.15) is 187 Å². The van der Waals surface area contributed by atoms with Gasteiger partial charge in [-0.3, -0.25) is 9.35 Å². The SMILES string of the molecule is CCCCCCCCCCCCC/C=C/CC/C=C/CC/C=C/C(O)C(COC1OC(CO)C(O)C(OS(=O)(=O)O)C1O)NC(=O)C(O)CCCCCCCCCCCC. The molecule has 1 amide bonds. The Kier molecular flexibility index (Phi) is 34.5. The van der Waals surface area contributed by atoms with E-state index in [0.29, 0.717) is 12.8 Å². The smallest absolute Gasteiger partial charge is 0.394 e. The first-order valence-corrected chi connectivity index (χ1v) is 24.8. The molecule has 7 N–H and O–H groups in total. The highest BCUT2D eigenvalue weighted by Crippen LogP contribution is 2.26. The highest BCUT2D eigenvalue weighted by molar-refractivity contribution is 7.80. The van der Waals surface area contributed by atoms with E-state index in [1.807, 2.05) is 0 Å². The molecule has 60 heavy (non-hydrogen) atoms. The second-order valence-corrected chi connectivity index (χ2v) is 17.5. The monoisotopic (exact) mass is 876 g/mol. The topological polar surface area (TPSA) is 212 Å². The van der Waals surface area contributed by atoms with Gasteiger partial charge < -0.3 is 40.3 Å². The van der Waals surface area contributed by atoms with Crippen LogP contribution in [0.5, 0.6) is 0 Å². The molecule has 13 nitrogen and oxygen atoms in total. The standard InChI is InChI=1S/C46H85NO12S/c1-3-5-7-9-11-13-15-16-17-18-19-20-21-22-23-24-25-27-28-30-32-34-39(49)38(47-45(53)40(50)35-33-31-29-26-14-12-10-8-6-4-2)37-57-46-43(52)44(59-60(54,55)56)42(51)41(36-48)58-46/h21-22,25,27,32,34,38-44,46,48-52H,3-20,23-24,26,28-31,33,35-37H2,1-2H3,(H,47,53)(H,54,55,56)/b22-21+,27-25+,34-32+. The molecule has 8 atom stereocenters. The molecule has 0 aromatic carbocycles. The van der Waals surface area contributed by atoms with E-state index in [1.165, 1.54) is 115 Å². The largest absolute Gasteiger partial charge is 0.397 e. The lowest BCUT2D eigenvalue weighted by molar-refractivity contribution is -0.298. The van der Waals surface area contributed by atoms with Crippen molar-refractivity contribution in [3.63, 3.8) is 0 Å². The number of hydrogen-bond acceptors (Lipinski definition) is 11. The Hall–Kier alpha value is -1.72. The third-order valence-corrected chi connectivity index (χ3v) is 11.5. The van der Waals surface area contributed by atoms with Crippen LogP contribution in [0.2, 0.25) is 0 Å². The fraction of sp³-hybridized carbons (Fsp3) is 0.848. The average molecular weight is 876 g/mol. The zero-order chi connectivity index (χ0) is 44.3. The zero-order valence-corrected chi connectivity index (χ0v) is 37.9. The third-order valence-electron chi connectivity index (χ3n) is 11.0. The fourth-order valence-corrected chi connectivity index (χ4v) is 7.77. The predicted molar refractivity (Wildman–Crippen MR) is 238 cm³/mol. The molecule has 1 aliphatic heterocycles. The summed E-state index contributed by atoms with van der Waals surface area (Å²) >= 11 is 0. The number of aliphatic hydroxyl groups is 5. The molecule has 0 spiro atoms. The second kappa shape index (κ2) is 36.7. The number of amides is 1. The van der Waals surface area contributed by atoms with E-state index in [2.05, 4.69) is 47.7 Å². The molecule has 1 fully saturated rings. The minimum absolute atomic E-state index is 0.235. The number of aliphatic hydroxyl groups excluding tert-OH is 5. The lowest BCUT2D eigenvalue weighted by atomic mass is 9.99. The first-order chi connectivity index (χ1) is 28.9. The van der Waals surface area contributed by atoms with Crippen LogP contribution >= 0.6 is 0 Å². The molecule has 1 saturated heterocycles. The summed E-state index contributed by atoms with van der Waals surface area (Å²) in [6, 6.07) is -1.14. The van der Waals surface area contributed by atoms with Crippen LogP contribution in [0.25, 0.3) is 0 Å². The highest BCUT2D eigenvalue weighted by atomic mass is 32.3. The molecule has 0 aromatic rings. The number of rotatable bonds is 39.